The Bertz CT molecular complexity index is 445. The van der Waals surface area contributed by atoms with E-state index in [0.29, 0.717) is 0 Å². The Hall–Kier alpha value is -1.06. The second kappa shape index (κ2) is 8.40. The molecule has 1 heterocycles. The Kier molecular flexibility index (Phi) is 7.20. The lowest BCUT2D eigenvalue weighted by Gasteiger charge is -2.38. The van der Waals surface area contributed by atoms with Gasteiger partial charge in [0.15, 0.2) is 0 Å². The Balaban J connectivity index is 0.00000220. The molecule has 0 aromatic heterocycles. The Labute approximate surface area is 134 Å². The zero-order valence-electron chi connectivity index (χ0n) is 13.0. The molecule has 0 spiro atoms. The fourth-order valence-corrected chi connectivity index (χ4v) is 3.02. The topological polar surface area (TPSA) is 46.3 Å². The van der Waals surface area contributed by atoms with Gasteiger partial charge in [0, 0.05) is 24.2 Å². The molecule has 0 saturated carbocycles. The van der Waals surface area contributed by atoms with Crippen LogP contribution in [0.15, 0.2) is 24.3 Å². The van der Waals surface area contributed by atoms with E-state index in [-0.39, 0.29) is 30.4 Å². The number of hydrogen-bond donors (Lipinski definition) is 1. The largest absolute Gasteiger partial charge is 0.334 e. The summed E-state index contributed by atoms with van der Waals surface area (Å²) in [6, 6.07) is 8.29. The van der Waals surface area contributed by atoms with Crippen LogP contribution in [0.2, 0.25) is 0 Å². The molecule has 0 radical (unpaired) electrons. The quantitative estimate of drug-likeness (QED) is 0.926. The number of aryl methyl sites for hydroxylation is 1. The summed E-state index contributed by atoms with van der Waals surface area (Å²) >= 11 is 0. The van der Waals surface area contributed by atoms with Gasteiger partial charge in [-0.1, -0.05) is 25.5 Å². The Morgan fingerprint density at radius 3 is 2.57 bits per heavy atom. The molecule has 1 amide bonds. The summed E-state index contributed by atoms with van der Waals surface area (Å²) in [7, 11) is 0. The van der Waals surface area contributed by atoms with E-state index < -0.39 is 0 Å². The first-order chi connectivity index (χ1) is 9.63. The number of nitrogens with two attached hydrogens (primary N) is 1. The maximum Gasteiger partial charge on any atom is 0.254 e. The summed E-state index contributed by atoms with van der Waals surface area (Å²) < 4.78 is 0. The number of likely N-dealkylation sites (tertiary alicyclic amines) is 1. The van der Waals surface area contributed by atoms with Gasteiger partial charge in [-0.3, -0.25) is 4.79 Å². The molecular weight excluding hydrogens is 284 g/mol. The summed E-state index contributed by atoms with van der Waals surface area (Å²) in [6.07, 6.45) is 5.48. The molecule has 0 bridgehead atoms. The molecule has 1 aliphatic rings. The maximum atomic E-state index is 12.7. The molecule has 1 aliphatic heterocycles. The van der Waals surface area contributed by atoms with Crippen molar-refractivity contribution in [2.75, 3.05) is 6.54 Å². The molecule has 1 aromatic rings. The van der Waals surface area contributed by atoms with Gasteiger partial charge >= 0.3 is 0 Å². The molecule has 2 atom stereocenters. The summed E-state index contributed by atoms with van der Waals surface area (Å²) in [6.45, 7) is 5.00. The van der Waals surface area contributed by atoms with Crippen molar-refractivity contribution in [3.05, 3.63) is 35.4 Å². The van der Waals surface area contributed by atoms with Gasteiger partial charge in [0.05, 0.1) is 0 Å². The summed E-state index contributed by atoms with van der Waals surface area (Å²) in [4.78, 5) is 14.6. The predicted octanol–water partition coefficient (Wildman–Crippen LogP) is 3.40. The van der Waals surface area contributed by atoms with Gasteiger partial charge in [-0.25, -0.2) is 0 Å². The van der Waals surface area contributed by atoms with E-state index >= 15 is 0 Å². The molecule has 1 aromatic carbocycles. The number of piperidine rings is 1. The molecule has 1 saturated heterocycles. The van der Waals surface area contributed by atoms with Crippen LogP contribution in [-0.4, -0.2) is 29.4 Å². The van der Waals surface area contributed by atoms with E-state index in [9.17, 15) is 4.79 Å². The van der Waals surface area contributed by atoms with Gasteiger partial charge in [-0.2, -0.15) is 0 Å². The van der Waals surface area contributed by atoms with Gasteiger partial charge in [0.25, 0.3) is 5.91 Å². The average molecular weight is 311 g/mol. The van der Waals surface area contributed by atoms with Gasteiger partial charge in [0.1, 0.15) is 0 Å². The maximum absolute atomic E-state index is 12.7. The van der Waals surface area contributed by atoms with E-state index in [2.05, 4.69) is 19.1 Å². The van der Waals surface area contributed by atoms with Crippen LogP contribution in [0.4, 0.5) is 0 Å². The van der Waals surface area contributed by atoms with Gasteiger partial charge in [0.2, 0.25) is 0 Å². The van der Waals surface area contributed by atoms with Crippen molar-refractivity contribution in [3.8, 4) is 0 Å². The van der Waals surface area contributed by atoms with Crippen LogP contribution in [0.3, 0.4) is 0 Å². The normalized spacial score (nSPS) is 19.8. The molecule has 2 unspecified atom stereocenters. The lowest BCUT2D eigenvalue weighted by molar-refractivity contribution is 0.0584. The number of benzene rings is 1. The molecule has 21 heavy (non-hydrogen) atoms. The lowest BCUT2D eigenvalue weighted by atomic mass is 9.96. The number of nitrogens with zero attached hydrogens (tertiary/aromatic N) is 1. The highest BCUT2D eigenvalue weighted by atomic mass is 35.5. The van der Waals surface area contributed by atoms with Crippen molar-refractivity contribution >= 4 is 18.3 Å². The van der Waals surface area contributed by atoms with Crippen molar-refractivity contribution < 1.29 is 4.79 Å². The van der Waals surface area contributed by atoms with Crippen LogP contribution in [0, 0.1) is 0 Å². The number of halogens is 1. The Morgan fingerprint density at radius 2 is 2.00 bits per heavy atom. The second-order valence-corrected chi connectivity index (χ2v) is 5.87. The van der Waals surface area contributed by atoms with E-state index in [1.807, 2.05) is 24.0 Å². The van der Waals surface area contributed by atoms with Crippen LogP contribution < -0.4 is 5.73 Å². The van der Waals surface area contributed by atoms with Crippen molar-refractivity contribution in [2.45, 2.75) is 58.0 Å². The number of amides is 1. The van der Waals surface area contributed by atoms with Crippen LogP contribution in [-0.2, 0) is 6.42 Å². The first-order valence-electron chi connectivity index (χ1n) is 7.79. The fraction of sp³-hybridized carbons (Fsp3) is 0.588. The first kappa shape index (κ1) is 18.0. The molecule has 118 valence electrons. The van der Waals surface area contributed by atoms with E-state index in [0.717, 1.165) is 37.8 Å². The number of carbonyl (C=O) groups excluding carboxylic acids is 1. The number of carbonyl (C=O) groups is 1. The average Bonchev–Trinajstić information content (AvgIpc) is 2.47. The number of rotatable bonds is 4. The third kappa shape index (κ3) is 4.45. The fourth-order valence-electron chi connectivity index (χ4n) is 3.02. The highest BCUT2D eigenvalue weighted by Crippen LogP contribution is 2.21. The monoisotopic (exact) mass is 310 g/mol. The second-order valence-electron chi connectivity index (χ2n) is 5.87. The minimum Gasteiger partial charge on any atom is -0.334 e. The van der Waals surface area contributed by atoms with Gasteiger partial charge in [-0.15, -0.1) is 12.4 Å². The minimum atomic E-state index is 0. The lowest BCUT2D eigenvalue weighted by Crippen LogP contribution is -2.51. The van der Waals surface area contributed by atoms with Crippen molar-refractivity contribution in [2.24, 2.45) is 5.73 Å². The third-order valence-electron chi connectivity index (χ3n) is 4.16. The first-order valence-corrected chi connectivity index (χ1v) is 7.79. The van der Waals surface area contributed by atoms with Crippen LogP contribution in [0.25, 0.3) is 0 Å². The smallest absolute Gasteiger partial charge is 0.254 e. The zero-order chi connectivity index (χ0) is 14.5. The summed E-state index contributed by atoms with van der Waals surface area (Å²) in [5.74, 6) is 0.134. The number of hydrogen-bond acceptors (Lipinski definition) is 2. The molecular formula is C17H27ClN2O. The SMILES string of the molecule is CCCc1ccc(C(=O)N2CCCCC2C(C)N)cc1.Cl. The van der Waals surface area contributed by atoms with E-state index in [1.165, 1.54) is 12.0 Å². The molecule has 3 nitrogen and oxygen atoms in total. The highest BCUT2D eigenvalue weighted by Gasteiger charge is 2.29. The van der Waals surface area contributed by atoms with Crippen LogP contribution in [0.1, 0.15) is 55.5 Å². The highest BCUT2D eigenvalue weighted by molar-refractivity contribution is 5.94. The van der Waals surface area contributed by atoms with Crippen LogP contribution in [0.5, 0.6) is 0 Å². The van der Waals surface area contributed by atoms with E-state index in [1.54, 1.807) is 0 Å². The van der Waals surface area contributed by atoms with Gasteiger partial charge in [-0.05, 0) is 50.3 Å². The van der Waals surface area contributed by atoms with Gasteiger partial charge < -0.3 is 10.6 Å². The standard InChI is InChI=1S/C17H26N2O.ClH/c1-3-6-14-8-10-15(11-9-14)17(20)19-12-5-4-7-16(19)13(2)18;/h8-11,13,16H,3-7,12,18H2,1-2H3;1H. The molecule has 2 rings (SSSR count). The zero-order valence-corrected chi connectivity index (χ0v) is 13.9. The van der Waals surface area contributed by atoms with Crippen LogP contribution >= 0.6 is 12.4 Å². The summed E-state index contributed by atoms with van der Waals surface area (Å²) in [5, 5.41) is 0. The molecule has 0 aliphatic carbocycles. The third-order valence-corrected chi connectivity index (χ3v) is 4.16. The van der Waals surface area contributed by atoms with Crippen molar-refractivity contribution in [1.29, 1.82) is 0 Å². The van der Waals surface area contributed by atoms with Crippen molar-refractivity contribution in [3.63, 3.8) is 0 Å². The molecule has 1 fully saturated rings. The molecule has 4 heteroatoms. The Morgan fingerprint density at radius 1 is 1.33 bits per heavy atom. The summed E-state index contributed by atoms with van der Waals surface area (Å²) in [5.41, 5.74) is 8.13. The minimum absolute atomic E-state index is 0. The van der Waals surface area contributed by atoms with E-state index in [4.69, 9.17) is 5.73 Å². The van der Waals surface area contributed by atoms with Crippen molar-refractivity contribution in [1.82, 2.24) is 4.90 Å². The molecule has 2 N–H and O–H groups in total. The predicted molar refractivity (Wildman–Crippen MR) is 90.0 cm³/mol.